The Morgan fingerprint density at radius 3 is 2.38 bits per heavy atom. The lowest BCUT2D eigenvalue weighted by Gasteiger charge is -2.15. The van der Waals surface area contributed by atoms with Crippen molar-refractivity contribution in [2.24, 2.45) is 0 Å². The van der Waals surface area contributed by atoms with E-state index in [4.69, 9.17) is 39.5 Å². The van der Waals surface area contributed by atoms with Gasteiger partial charge in [-0.1, -0.05) is 65.1 Å². The van der Waals surface area contributed by atoms with E-state index >= 15 is 0 Å². The number of nitrogens with one attached hydrogen (secondary N) is 2. The number of benzene rings is 3. The van der Waals surface area contributed by atoms with Crippen LogP contribution in [-0.2, 0) is 14.8 Å². The summed E-state index contributed by atoms with van der Waals surface area (Å²) in [7, 11) is -3.82. The maximum absolute atomic E-state index is 12.7. The van der Waals surface area contributed by atoms with E-state index in [1.807, 2.05) is 30.3 Å². The van der Waals surface area contributed by atoms with Gasteiger partial charge in [0.15, 0.2) is 6.61 Å². The van der Waals surface area contributed by atoms with Crippen LogP contribution in [0.2, 0.25) is 15.1 Å². The molecule has 0 heterocycles. The van der Waals surface area contributed by atoms with Crippen molar-refractivity contribution < 1.29 is 17.9 Å². The Balaban J connectivity index is 1.64. The number of amides is 1. The molecular weight excluding hydrogens is 495 g/mol. The molecule has 10 heteroatoms. The molecule has 2 N–H and O–H groups in total. The second-order valence-electron chi connectivity index (χ2n) is 6.81. The Kier molecular flexibility index (Phi) is 8.03. The van der Waals surface area contributed by atoms with E-state index in [-0.39, 0.29) is 22.3 Å². The number of hydrogen-bond acceptors (Lipinski definition) is 4. The van der Waals surface area contributed by atoms with E-state index in [9.17, 15) is 13.2 Å². The number of ether oxygens (including phenoxy) is 1. The molecule has 3 aromatic carbocycles. The third-order valence-electron chi connectivity index (χ3n) is 4.41. The highest BCUT2D eigenvalue weighted by atomic mass is 35.5. The predicted octanol–water partition coefficient (Wildman–Crippen LogP) is 5.70. The molecular formula is C22H19Cl3N2O4S. The summed E-state index contributed by atoms with van der Waals surface area (Å²) in [5.41, 5.74) is 1.17. The number of carbonyl (C=O) groups is 1. The van der Waals surface area contributed by atoms with Crippen LogP contribution in [-0.4, -0.2) is 20.9 Å². The summed E-state index contributed by atoms with van der Waals surface area (Å²) in [5.74, 6) is -0.325. The van der Waals surface area contributed by atoms with Crippen molar-refractivity contribution in [2.45, 2.75) is 17.9 Å². The van der Waals surface area contributed by atoms with Gasteiger partial charge >= 0.3 is 0 Å². The lowest BCUT2D eigenvalue weighted by atomic mass is 10.1. The number of carbonyl (C=O) groups excluding carboxylic acids is 1. The zero-order valence-corrected chi connectivity index (χ0v) is 19.9. The van der Waals surface area contributed by atoms with E-state index in [0.29, 0.717) is 15.7 Å². The third-order valence-corrected chi connectivity index (χ3v) is 6.80. The van der Waals surface area contributed by atoms with Gasteiger partial charge in [-0.2, -0.15) is 0 Å². The number of rotatable bonds is 8. The van der Waals surface area contributed by atoms with Crippen LogP contribution in [0.4, 0.5) is 5.69 Å². The summed E-state index contributed by atoms with van der Waals surface area (Å²) in [6.07, 6.45) is 0. The van der Waals surface area contributed by atoms with Crippen molar-refractivity contribution >= 4 is 56.4 Å². The van der Waals surface area contributed by atoms with Crippen molar-refractivity contribution in [3.8, 4) is 5.75 Å². The molecule has 0 spiro atoms. The first-order chi connectivity index (χ1) is 15.2. The minimum absolute atomic E-state index is 0.0206. The Bertz CT molecular complexity index is 1220. The van der Waals surface area contributed by atoms with Gasteiger partial charge in [-0.3, -0.25) is 4.79 Å². The SMILES string of the molecule is C[C@H](NS(=O)(=O)c1ccc(OCC(=O)Nc2cc(Cl)ccc2Cl)c(Cl)c1)c1ccccc1. The summed E-state index contributed by atoms with van der Waals surface area (Å²) in [6.45, 7) is 1.38. The van der Waals surface area contributed by atoms with Crippen LogP contribution >= 0.6 is 34.8 Å². The van der Waals surface area contributed by atoms with Gasteiger partial charge in [-0.15, -0.1) is 0 Å². The molecule has 1 amide bonds. The first kappa shape index (κ1) is 24.4. The summed E-state index contributed by atoms with van der Waals surface area (Å²) >= 11 is 18.1. The van der Waals surface area contributed by atoms with E-state index < -0.39 is 22.0 Å². The zero-order valence-electron chi connectivity index (χ0n) is 16.8. The Labute approximate surface area is 201 Å². The van der Waals surface area contributed by atoms with Gasteiger partial charge in [0.2, 0.25) is 10.0 Å². The van der Waals surface area contributed by atoms with Crippen LogP contribution < -0.4 is 14.8 Å². The fourth-order valence-corrected chi connectivity index (χ4v) is 4.69. The van der Waals surface area contributed by atoms with Gasteiger partial charge in [-0.05, 0) is 48.9 Å². The van der Waals surface area contributed by atoms with Crippen molar-refractivity contribution in [2.75, 3.05) is 11.9 Å². The molecule has 3 aromatic rings. The lowest BCUT2D eigenvalue weighted by molar-refractivity contribution is -0.118. The molecule has 0 saturated heterocycles. The van der Waals surface area contributed by atoms with Crippen LogP contribution in [0.3, 0.4) is 0 Å². The highest BCUT2D eigenvalue weighted by Gasteiger charge is 2.20. The maximum Gasteiger partial charge on any atom is 0.262 e. The smallest absolute Gasteiger partial charge is 0.262 e. The van der Waals surface area contributed by atoms with Gasteiger partial charge in [-0.25, -0.2) is 13.1 Å². The molecule has 0 aromatic heterocycles. The second-order valence-corrected chi connectivity index (χ2v) is 9.77. The van der Waals surface area contributed by atoms with E-state index in [2.05, 4.69) is 10.0 Å². The number of anilines is 1. The van der Waals surface area contributed by atoms with Crippen molar-refractivity contribution in [1.82, 2.24) is 4.72 Å². The molecule has 3 rings (SSSR count). The molecule has 168 valence electrons. The van der Waals surface area contributed by atoms with Gasteiger partial charge in [0.05, 0.1) is 20.6 Å². The Morgan fingerprint density at radius 2 is 1.69 bits per heavy atom. The molecule has 0 saturated carbocycles. The number of sulfonamides is 1. The van der Waals surface area contributed by atoms with Gasteiger partial charge in [0, 0.05) is 11.1 Å². The third kappa shape index (κ3) is 6.37. The lowest BCUT2D eigenvalue weighted by Crippen LogP contribution is -2.27. The largest absolute Gasteiger partial charge is 0.482 e. The van der Waals surface area contributed by atoms with Crippen LogP contribution in [0.25, 0.3) is 0 Å². The molecule has 0 radical (unpaired) electrons. The van der Waals surface area contributed by atoms with Crippen LogP contribution in [0.15, 0.2) is 71.6 Å². The van der Waals surface area contributed by atoms with Crippen molar-refractivity contribution in [3.05, 3.63) is 87.4 Å². The molecule has 0 unspecified atom stereocenters. The maximum atomic E-state index is 12.7. The normalized spacial score (nSPS) is 12.2. The molecule has 0 fully saturated rings. The highest BCUT2D eigenvalue weighted by molar-refractivity contribution is 7.89. The minimum atomic E-state index is -3.82. The summed E-state index contributed by atoms with van der Waals surface area (Å²) in [6, 6.07) is 17.4. The monoisotopic (exact) mass is 512 g/mol. The molecule has 0 aliphatic rings. The van der Waals surface area contributed by atoms with Crippen LogP contribution in [0.5, 0.6) is 5.75 Å². The average molecular weight is 514 g/mol. The van der Waals surface area contributed by atoms with Crippen molar-refractivity contribution in [3.63, 3.8) is 0 Å². The minimum Gasteiger partial charge on any atom is -0.482 e. The van der Waals surface area contributed by atoms with Crippen LogP contribution in [0.1, 0.15) is 18.5 Å². The number of halogens is 3. The highest BCUT2D eigenvalue weighted by Crippen LogP contribution is 2.29. The van der Waals surface area contributed by atoms with Gasteiger partial charge in [0.1, 0.15) is 5.75 Å². The standard InChI is InChI=1S/C22H19Cl3N2O4S/c1-14(15-5-3-2-4-6-15)27-32(29,30)17-8-10-21(19(25)12-17)31-13-22(28)26-20-11-16(23)7-9-18(20)24/h2-12,14,27H,13H2,1H3,(H,26,28)/t14-/m0/s1. The predicted molar refractivity (Wildman–Crippen MR) is 127 cm³/mol. The fraction of sp³-hybridized carbons (Fsp3) is 0.136. The zero-order chi connectivity index (χ0) is 23.3. The van der Waals surface area contributed by atoms with E-state index in [0.717, 1.165) is 5.56 Å². The second kappa shape index (κ2) is 10.6. The fourth-order valence-electron chi connectivity index (χ4n) is 2.80. The first-order valence-corrected chi connectivity index (χ1v) is 12.0. The molecule has 0 bridgehead atoms. The quantitative estimate of drug-likeness (QED) is 0.404. The molecule has 0 aliphatic carbocycles. The Hall–Kier alpha value is -2.29. The molecule has 0 aliphatic heterocycles. The van der Waals surface area contributed by atoms with E-state index in [1.165, 1.54) is 24.3 Å². The molecule has 32 heavy (non-hydrogen) atoms. The molecule has 1 atom stereocenters. The Morgan fingerprint density at radius 1 is 0.969 bits per heavy atom. The summed E-state index contributed by atoms with van der Waals surface area (Å²) < 4.78 is 33.5. The summed E-state index contributed by atoms with van der Waals surface area (Å²) in [4.78, 5) is 12.1. The van der Waals surface area contributed by atoms with E-state index in [1.54, 1.807) is 19.1 Å². The topological polar surface area (TPSA) is 84.5 Å². The van der Waals surface area contributed by atoms with Gasteiger partial charge in [0.25, 0.3) is 5.91 Å². The summed E-state index contributed by atoms with van der Waals surface area (Å²) in [5, 5.41) is 3.38. The first-order valence-electron chi connectivity index (χ1n) is 9.40. The number of hydrogen-bond donors (Lipinski definition) is 2. The average Bonchev–Trinajstić information content (AvgIpc) is 2.75. The van der Waals surface area contributed by atoms with Gasteiger partial charge < -0.3 is 10.1 Å². The van der Waals surface area contributed by atoms with Crippen molar-refractivity contribution in [1.29, 1.82) is 0 Å². The van der Waals surface area contributed by atoms with Crippen LogP contribution in [0, 0.1) is 0 Å². The molecule has 6 nitrogen and oxygen atoms in total.